The summed E-state index contributed by atoms with van der Waals surface area (Å²) in [6.07, 6.45) is 0.368. The van der Waals surface area contributed by atoms with Crippen LogP contribution >= 0.6 is 0 Å². The standard InChI is InChI=1S/C9H16N2O5/c12-7(8(13)14)5-11-9(15)10-4-6-2-1-3-16-6/h6-7,12H,1-5H2,(H,13,14)(H2,10,11,15). The first kappa shape index (κ1) is 12.7. The lowest BCUT2D eigenvalue weighted by Gasteiger charge is -2.12. The van der Waals surface area contributed by atoms with Gasteiger partial charge in [0, 0.05) is 13.2 Å². The van der Waals surface area contributed by atoms with Gasteiger partial charge < -0.3 is 25.6 Å². The summed E-state index contributed by atoms with van der Waals surface area (Å²) in [5.74, 6) is -1.36. The Balaban J connectivity index is 2.08. The van der Waals surface area contributed by atoms with Crippen molar-refractivity contribution in [2.24, 2.45) is 0 Å². The molecule has 1 aliphatic rings. The van der Waals surface area contributed by atoms with Gasteiger partial charge in [-0.3, -0.25) is 0 Å². The molecule has 92 valence electrons. The number of rotatable bonds is 5. The van der Waals surface area contributed by atoms with E-state index in [0.717, 1.165) is 12.8 Å². The molecule has 0 bridgehead atoms. The molecule has 0 aliphatic carbocycles. The summed E-state index contributed by atoms with van der Waals surface area (Å²) >= 11 is 0. The van der Waals surface area contributed by atoms with E-state index in [1.165, 1.54) is 0 Å². The van der Waals surface area contributed by atoms with Crippen LogP contribution in [-0.2, 0) is 9.53 Å². The molecule has 1 saturated heterocycles. The Kier molecular flexibility index (Phi) is 5.00. The van der Waals surface area contributed by atoms with Crippen LogP contribution in [0.25, 0.3) is 0 Å². The molecule has 7 nitrogen and oxygen atoms in total. The minimum absolute atomic E-state index is 0.0372. The number of hydrogen-bond donors (Lipinski definition) is 4. The number of aliphatic hydroxyl groups is 1. The molecule has 0 aromatic rings. The summed E-state index contributed by atoms with van der Waals surface area (Å²) in [7, 11) is 0. The Bertz CT molecular complexity index is 252. The Morgan fingerprint density at radius 1 is 1.44 bits per heavy atom. The Morgan fingerprint density at radius 3 is 2.75 bits per heavy atom. The van der Waals surface area contributed by atoms with E-state index in [1.54, 1.807) is 0 Å². The molecule has 7 heteroatoms. The second-order valence-electron chi connectivity index (χ2n) is 3.58. The van der Waals surface area contributed by atoms with E-state index >= 15 is 0 Å². The van der Waals surface area contributed by atoms with Crippen LogP contribution in [0.5, 0.6) is 0 Å². The molecule has 2 atom stereocenters. The van der Waals surface area contributed by atoms with Gasteiger partial charge >= 0.3 is 12.0 Å². The zero-order chi connectivity index (χ0) is 12.0. The molecule has 0 aromatic carbocycles. The van der Waals surface area contributed by atoms with Crippen LogP contribution in [0.3, 0.4) is 0 Å². The van der Waals surface area contributed by atoms with E-state index in [2.05, 4.69) is 10.6 Å². The molecule has 0 spiro atoms. The fourth-order valence-corrected chi connectivity index (χ4v) is 1.35. The molecule has 0 saturated carbocycles. The zero-order valence-electron chi connectivity index (χ0n) is 8.81. The number of carboxylic acid groups (broad SMARTS) is 1. The first-order valence-corrected chi connectivity index (χ1v) is 5.13. The van der Waals surface area contributed by atoms with Crippen LogP contribution in [0.2, 0.25) is 0 Å². The number of carbonyl (C=O) groups is 2. The van der Waals surface area contributed by atoms with E-state index < -0.39 is 18.1 Å². The van der Waals surface area contributed by atoms with Crippen molar-refractivity contribution in [3.63, 3.8) is 0 Å². The van der Waals surface area contributed by atoms with E-state index in [0.29, 0.717) is 13.2 Å². The molecule has 16 heavy (non-hydrogen) atoms. The molecule has 0 aromatic heterocycles. The molecule has 2 unspecified atom stereocenters. The van der Waals surface area contributed by atoms with E-state index in [-0.39, 0.29) is 12.6 Å². The molecule has 1 fully saturated rings. The van der Waals surface area contributed by atoms with Crippen molar-refractivity contribution in [1.29, 1.82) is 0 Å². The highest BCUT2D eigenvalue weighted by molar-refractivity contribution is 5.76. The highest BCUT2D eigenvalue weighted by atomic mass is 16.5. The van der Waals surface area contributed by atoms with Crippen LogP contribution in [0.1, 0.15) is 12.8 Å². The number of aliphatic hydroxyl groups excluding tert-OH is 1. The third kappa shape index (κ3) is 4.45. The predicted molar refractivity (Wildman–Crippen MR) is 54.0 cm³/mol. The second kappa shape index (κ2) is 6.29. The van der Waals surface area contributed by atoms with Crippen molar-refractivity contribution in [3.8, 4) is 0 Å². The normalized spacial score (nSPS) is 21.4. The Labute approximate surface area is 92.8 Å². The summed E-state index contributed by atoms with van der Waals surface area (Å²) in [4.78, 5) is 21.4. The number of aliphatic carboxylic acids is 1. The van der Waals surface area contributed by atoms with Crippen molar-refractivity contribution in [3.05, 3.63) is 0 Å². The van der Waals surface area contributed by atoms with Crippen molar-refractivity contribution >= 4 is 12.0 Å². The lowest BCUT2D eigenvalue weighted by atomic mass is 10.2. The quantitative estimate of drug-likeness (QED) is 0.481. The number of carboxylic acids is 1. The fourth-order valence-electron chi connectivity index (χ4n) is 1.35. The van der Waals surface area contributed by atoms with Crippen molar-refractivity contribution in [2.75, 3.05) is 19.7 Å². The number of amides is 2. The van der Waals surface area contributed by atoms with Crippen LogP contribution < -0.4 is 10.6 Å². The van der Waals surface area contributed by atoms with Gasteiger partial charge in [-0.1, -0.05) is 0 Å². The summed E-state index contributed by atoms with van der Waals surface area (Å²) in [5, 5.41) is 22.0. The summed E-state index contributed by atoms with van der Waals surface area (Å²) < 4.78 is 5.28. The number of urea groups is 1. The lowest BCUT2D eigenvalue weighted by molar-refractivity contribution is -0.146. The minimum Gasteiger partial charge on any atom is -0.479 e. The highest BCUT2D eigenvalue weighted by Gasteiger charge is 2.17. The minimum atomic E-state index is -1.58. The Morgan fingerprint density at radius 2 is 2.19 bits per heavy atom. The molecule has 0 radical (unpaired) electrons. The Hall–Kier alpha value is -1.34. The summed E-state index contributed by atoms with van der Waals surface area (Å²) in [6.45, 7) is 0.799. The molecule has 1 heterocycles. The maximum Gasteiger partial charge on any atom is 0.334 e. The monoisotopic (exact) mass is 232 g/mol. The van der Waals surface area contributed by atoms with E-state index in [9.17, 15) is 9.59 Å². The third-order valence-corrected chi connectivity index (χ3v) is 2.26. The molecular weight excluding hydrogens is 216 g/mol. The maximum atomic E-state index is 11.1. The maximum absolute atomic E-state index is 11.1. The molecule has 1 aliphatic heterocycles. The first-order chi connectivity index (χ1) is 7.59. The van der Waals surface area contributed by atoms with Crippen molar-refractivity contribution in [1.82, 2.24) is 10.6 Å². The SMILES string of the molecule is O=C(NCC1CCCO1)NCC(O)C(=O)O. The predicted octanol–water partition coefficient (Wildman–Crippen LogP) is -1.09. The van der Waals surface area contributed by atoms with Gasteiger partial charge in [-0.05, 0) is 12.8 Å². The van der Waals surface area contributed by atoms with Gasteiger partial charge in [0.15, 0.2) is 6.10 Å². The van der Waals surface area contributed by atoms with Crippen LogP contribution in [0.4, 0.5) is 4.79 Å². The van der Waals surface area contributed by atoms with Crippen molar-refractivity contribution < 1.29 is 24.5 Å². The smallest absolute Gasteiger partial charge is 0.334 e. The van der Waals surface area contributed by atoms with Gasteiger partial charge in [-0.25, -0.2) is 9.59 Å². The van der Waals surface area contributed by atoms with Crippen LogP contribution in [-0.4, -0.2) is 54.1 Å². The highest BCUT2D eigenvalue weighted by Crippen LogP contribution is 2.10. The molecule has 4 N–H and O–H groups in total. The van der Waals surface area contributed by atoms with E-state index in [1.807, 2.05) is 0 Å². The molecular formula is C9H16N2O5. The molecule has 2 amide bonds. The average Bonchev–Trinajstić information content (AvgIpc) is 2.75. The number of hydrogen-bond acceptors (Lipinski definition) is 4. The van der Waals surface area contributed by atoms with Gasteiger partial charge in [0.05, 0.1) is 12.6 Å². The number of carbonyl (C=O) groups excluding carboxylic acids is 1. The average molecular weight is 232 g/mol. The van der Waals surface area contributed by atoms with Crippen LogP contribution in [0, 0.1) is 0 Å². The lowest BCUT2D eigenvalue weighted by Crippen LogP contribution is -2.44. The number of ether oxygens (including phenoxy) is 1. The summed E-state index contributed by atoms with van der Waals surface area (Å²) in [5.41, 5.74) is 0. The zero-order valence-corrected chi connectivity index (χ0v) is 8.81. The van der Waals surface area contributed by atoms with Crippen molar-refractivity contribution in [2.45, 2.75) is 25.0 Å². The van der Waals surface area contributed by atoms with Gasteiger partial charge in [0.2, 0.25) is 0 Å². The number of nitrogens with one attached hydrogen (secondary N) is 2. The van der Waals surface area contributed by atoms with Gasteiger partial charge in [0.1, 0.15) is 0 Å². The van der Waals surface area contributed by atoms with E-state index in [4.69, 9.17) is 14.9 Å². The second-order valence-corrected chi connectivity index (χ2v) is 3.58. The third-order valence-electron chi connectivity index (χ3n) is 2.26. The van der Waals surface area contributed by atoms with Gasteiger partial charge in [0.25, 0.3) is 0 Å². The van der Waals surface area contributed by atoms with Crippen LogP contribution in [0.15, 0.2) is 0 Å². The van der Waals surface area contributed by atoms with Gasteiger partial charge in [-0.15, -0.1) is 0 Å². The summed E-state index contributed by atoms with van der Waals surface area (Å²) in [6, 6.07) is -0.504. The largest absolute Gasteiger partial charge is 0.479 e. The topological polar surface area (TPSA) is 108 Å². The fraction of sp³-hybridized carbons (Fsp3) is 0.778. The molecule has 1 rings (SSSR count). The van der Waals surface area contributed by atoms with Gasteiger partial charge in [-0.2, -0.15) is 0 Å². The first-order valence-electron chi connectivity index (χ1n) is 5.13.